The van der Waals surface area contributed by atoms with Gasteiger partial charge in [-0.05, 0) is 54.3 Å². The van der Waals surface area contributed by atoms with Crippen LogP contribution in [0.15, 0.2) is 79.0 Å². The molecule has 6 nitrogen and oxygen atoms in total. The van der Waals surface area contributed by atoms with Crippen LogP contribution in [-0.4, -0.2) is 46.4 Å². The van der Waals surface area contributed by atoms with Crippen LogP contribution in [0.25, 0.3) is 10.9 Å². The van der Waals surface area contributed by atoms with Gasteiger partial charge in [0.15, 0.2) is 0 Å². The third-order valence-electron chi connectivity index (χ3n) is 6.55. The van der Waals surface area contributed by atoms with E-state index in [-0.39, 0.29) is 31.2 Å². The van der Waals surface area contributed by atoms with Gasteiger partial charge in [-0.25, -0.2) is 9.18 Å². The fraction of sp³-hybridized carbons (Fsp3) is 0.267. The molecule has 3 amide bonds. The summed E-state index contributed by atoms with van der Waals surface area (Å²) in [5.41, 5.74) is 1.34. The number of anilines is 1. The molecule has 0 spiro atoms. The fourth-order valence-corrected chi connectivity index (χ4v) is 4.52. The van der Waals surface area contributed by atoms with Gasteiger partial charge in [0, 0.05) is 36.7 Å². The van der Waals surface area contributed by atoms with Crippen LogP contribution in [0.5, 0.6) is 0 Å². The van der Waals surface area contributed by atoms with E-state index < -0.39 is 23.6 Å². The summed E-state index contributed by atoms with van der Waals surface area (Å²) in [7, 11) is 0. The van der Waals surface area contributed by atoms with Gasteiger partial charge in [-0.3, -0.25) is 4.79 Å². The molecule has 0 radical (unpaired) electrons. The zero-order valence-electron chi connectivity index (χ0n) is 22.0. The fourth-order valence-electron chi connectivity index (χ4n) is 4.52. The molecule has 3 aromatic carbocycles. The maximum absolute atomic E-state index is 13.5. The Morgan fingerprint density at radius 1 is 0.900 bits per heavy atom. The standard InChI is InChI=1S/C30H30F4N4O2/c1-2-16-38(29(40)36-27-10-6-4-8-25(27)30(32,33)34)20-28(39)37(19-21-11-13-23(31)14-12-21)17-15-22-18-35-26-9-5-3-7-24(22)26/h3-14,18,35H,2,15-17,19-20H2,1H3,(H,36,40). The van der Waals surface area contributed by atoms with E-state index in [9.17, 15) is 27.2 Å². The number of fused-ring (bicyclic) bond motifs is 1. The van der Waals surface area contributed by atoms with E-state index in [2.05, 4.69) is 10.3 Å². The number of halogens is 4. The molecule has 10 heteroatoms. The summed E-state index contributed by atoms with van der Waals surface area (Å²) in [6.45, 7) is 2.14. The van der Waals surface area contributed by atoms with Gasteiger partial charge in [-0.1, -0.05) is 49.4 Å². The molecule has 0 bridgehead atoms. The molecule has 1 heterocycles. The lowest BCUT2D eigenvalue weighted by molar-refractivity contribution is -0.137. The number of para-hydroxylation sites is 2. The summed E-state index contributed by atoms with van der Waals surface area (Å²) < 4.78 is 53.8. The molecule has 0 saturated heterocycles. The highest BCUT2D eigenvalue weighted by Crippen LogP contribution is 2.34. The van der Waals surface area contributed by atoms with Crippen LogP contribution in [0.1, 0.15) is 30.0 Å². The SMILES string of the molecule is CCCN(CC(=O)N(CCc1c[nH]c2ccccc12)Cc1ccc(F)cc1)C(=O)Nc1ccccc1C(F)(F)F. The van der Waals surface area contributed by atoms with Crippen molar-refractivity contribution in [3.05, 3.63) is 102 Å². The van der Waals surface area contributed by atoms with Crippen molar-refractivity contribution >= 4 is 28.5 Å². The van der Waals surface area contributed by atoms with E-state index in [0.717, 1.165) is 22.5 Å². The van der Waals surface area contributed by atoms with Crippen LogP contribution >= 0.6 is 0 Å². The lowest BCUT2D eigenvalue weighted by Crippen LogP contribution is -2.45. The maximum Gasteiger partial charge on any atom is 0.418 e. The second kappa shape index (κ2) is 12.7. The van der Waals surface area contributed by atoms with Gasteiger partial charge in [0.25, 0.3) is 0 Å². The number of rotatable bonds is 10. The lowest BCUT2D eigenvalue weighted by atomic mass is 10.1. The van der Waals surface area contributed by atoms with Crippen LogP contribution in [0.2, 0.25) is 0 Å². The first-order valence-electron chi connectivity index (χ1n) is 12.9. The average Bonchev–Trinajstić information content (AvgIpc) is 3.34. The Morgan fingerprint density at radius 2 is 1.60 bits per heavy atom. The van der Waals surface area contributed by atoms with Gasteiger partial charge in [0.05, 0.1) is 11.3 Å². The average molecular weight is 555 g/mol. The molecule has 1 aromatic heterocycles. The summed E-state index contributed by atoms with van der Waals surface area (Å²) >= 11 is 0. The van der Waals surface area contributed by atoms with Crippen LogP contribution < -0.4 is 5.32 Å². The number of urea groups is 1. The van der Waals surface area contributed by atoms with Crippen molar-refractivity contribution in [3.8, 4) is 0 Å². The first kappa shape index (κ1) is 28.7. The van der Waals surface area contributed by atoms with Crippen LogP contribution in [0.3, 0.4) is 0 Å². The van der Waals surface area contributed by atoms with E-state index in [1.54, 1.807) is 17.0 Å². The van der Waals surface area contributed by atoms with Crippen molar-refractivity contribution in [3.63, 3.8) is 0 Å². The quantitative estimate of drug-likeness (QED) is 0.211. The number of amides is 3. The first-order valence-corrected chi connectivity index (χ1v) is 12.9. The Kier molecular flexibility index (Phi) is 9.08. The summed E-state index contributed by atoms with van der Waals surface area (Å²) in [6.07, 6.45) is -1.74. The molecule has 0 aliphatic rings. The minimum absolute atomic E-state index is 0.165. The Hall–Kier alpha value is -4.34. The molecule has 4 rings (SSSR count). The molecule has 0 fully saturated rings. The zero-order valence-corrected chi connectivity index (χ0v) is 22.0. The van der Waals surface area contributed by atoms with Gasteiger partial charge in [0.2, 0.25) is 5.91 Å². The number of alkyl halides is 3. The highest BCUT2D eigenvalue weighted by molar-refractivity contribution is 5.93. The van der Waals surface area contributed by atoms with Gasteiger partial charge < -0.3 is 20.1 Å². The van der Waals surface area contributed by atoms with Crippen molar-refractivity contribution in [1.29, 1.82) is 0 Å². The van der Waals surface area contributed by atoms with E-state index in [1.807, 2.05) is 37.4 Å². The third kappa shape index (κ3) is 7.19. The summed E-state index contributed by atoms with van der Waals surface area (Å²) in [5.74, 6) is -0.776. The number of carbonyl (C=O) groups excluding carboxylic acids is 2. The number of H-pyrrole nitrogens is 1. The maximum atomic E-state index is 13.5. The summed E-state index contributed by atoms with van der Waals surface area (Å²) in [5, 5.41) is 3.36. The zero-order chi connectivity index (χ0) is 28.7. The molecule has 0 saturated carbocycles. The summed E-state index contributed by atoms with van der Waals surface area (Å²) in [4.78, 5) is 32.6. The molecule has 210 valence electrons. The van der Waals surface area contributed by atoms with Gasteiger partial charge in [-0.2, -0.15) is 13.2 Å². The highest BCUT2D eigenvalue weighted by Gasteiger charge is 2.34. The number of hydrogen-bond donors (Lipinski definition) is 2. The largest absolute Gasteiger partial charge is 0.418 e. The van der Waals surface area contributed by atoms with Crippen molar-refractivity contribution in [2.45, 2.75) is 32.5 Å². The second-order valence-corrected chi connectivity index (χ2v) is 9.45. The van der Waals surface area contributed by atoms with E-state index >= 15 is 0 Å². The smallest absolute Gasteiger partial charge is 0.361 e. The van der Waals surface area contributed by atoms with E-state index in [4.69, 9.17) is 0 Å². The summed E-state index contributed by atoms with van der Waals surface area (Å²) in [6, 6.07) is 17.5. The number of benzene rings is 3. The third-order valence-corrected chi connectivity index (χ3v) is 6.55. The minimum atomic E-state index is -4.65. The van der Waals surface area contributed by atoms with Crippen molar-refractivity contribution in [2.24, 2.45) is 0 Å². The number of aromatic nitrogens is 1. The van der Waals surface area contributed by atoms with Crippen molar-refractivity contribution in [1.82, 2.24) is 14.8 Å². The first-order chi connectivity index (χ1) is 19.2. The Labute approximate surface area is 229 Å². The Balaban J connectivity index is 1.52. The number of nitrogens with zero attached hydrogens (tertiary/aromatic N) is 2. The molecule has 2 N–H and O–H groups in total. The Bertz CT molecular complexity index is 1450. The van der Waals surface area contributed by atoms with Gasteiger partial charge in [0.1, 0.15) is 12.4 Å². The van der Waals surface area contributed by atoms with E-state index in [1.165, 1.54) is 35.2 Å². The van der Waals surface area contributed by atoms with Crippen LogP contribution in [0.4, 0.5) is 28.0 Å². The number of nitrogens with one attached hydrogen (secondary N) is 2. The minimum Gasteiger partial charge on any atom is -0.361 e. The van der Waals surface area contributed by atoms with Crippen molar-refractivity contribution < 1.29 is 27.2 Å². The monoisotopic (exact) mass is 554 g/mol. The normalized spacial score (nSPS) is 11.4. The molecular formula is C30H30F4N4O2. The number of aromatic amines is 1. The molecular weight excluding hydrogens is 524 g/mol. The molecule has 40 heavy (non-hydrogen) atoms. The van der Waals surface area contributed by atoms with Gasteiger partial charge in [-0.15, -0.1) is 0 Å². The molecule has 0 unspecified atom stereocenters. The number of carbonyl (C=O) groups is 2. The molecule has 0 aliphatic heterocycles. The lowest BCUT2D eigenvalue weighted by Gasteiger charge is -2.28. The molecule has 0 atom stereocenters. The van der Waals surface area contributed by atoms with Crippen molar-refractivity contribution in [2.75, 3.05) is 25.0 Å². The Morgan fingerprint density at radius 3 is 2.33 bits per heavy atom. The highest BCUT2D eigenvalue weighted by atomic mass is 19.4. The van der Waals surface area contributed by atoms with Crippen LogP contribution in [-0.2, 0) is 23.9 Å². The van der Waals surface area contributed by atoms with Gasteiger partial charge >= 0.3 is 12.2 Å². The van der Waals surface area contributed by atoms with E-state index in [0.29, 0.717) is 24.9 Å². The topological polar surface area (TPSA) is 68.4 Å². The predicted octanol–water partition coefficient (Wildman–Crippen LogP) is 6.84. The molecule has 0 aliphatic carbocycles. The number of hydrogen-bond acceptors (Lipinski definition) is 2. The predicted molar refractivity (Wildman–Crippen MR) is 146 cm³/mol. The van der Waals surface area contributed by atoms with Crippen LogP contribution in [0, 0.1) is 5.82 Å². The molecule has 4 aromatic rings. The second-order valence-electron chi connectivity index (χ2n) is 9.45.